The van der Waals surface area contributed by atoms with Gasteiger partial charge in [-0.2, -0.15) is 4.98 Å². The van der Waals surface area contributed by atoms with Crippen molar-refractivity contribution in [2.45, 2.75) is 32.9 Å². The molecule has 12 nitrogen and oxygen atoms in total. The van der Waals surface area contributed by atoms with E-state index in [1.165, 1.54) is 0 Å². The van der Waals surface area contributed by atoms with Gasteiger partial charge in [-0.25, -0.2) is 10.1 Å². The van der Waals surface area contributed by atoms with Crippen molar-refractivity contribution >= 4 is 28.5 Å². The van der Waals surface area contributed by atoms with E-state index in [2.05, 4.69) is 41.6 Å². The molecular weight excluding hydrogens is 496 g/mol. The third-order valence-corrected chi connectivity index (χ3v) is 6.80. The molecule has 0 saturated carbocycles. The fraction of sp³-hybridized carbons (Fsp3) is 0.296. The molecule has 200 valence electrons. The molecule has 6 rings (SSSR count). The van der Waals surface area contributed by atoms with Crippen molar-refractivity contribution in [1.29, 1.82) is 0 Å². The molecule has 0 aliphatic carbocycles. The lowest BCUT2D eigenvalue weighted by molar-refractivity contribution is 0.223. The van der Waals surface area contributed by atoms with E-state index in [9.17, 15) is 4.79 Å². The van der Waals surface area contributed by atoms with E-state index in [0.29, 0.717) is 35.2 Å². The summed E-state index contributed by atoms with van der Waals surface area (Å²) < 4.78 is 7.66. The summed E-state index contributed by atoms with van der Waals surface area (Å²) in [4.78, 5) is 27.3. The van der Waals surface area contributed by atoms with Crippen LogP contribution in [-0.2, 0) is 6.54 Å². The summed E-state index contributed by atoms with van der Waals surface area (Å²) in [5, 5.41) is 13.2. The predicted molar refractivity (Wildman–Crippen MR) is 150 cm³/mol. The number of hydrazine groups is 2. The minimum absolute atomic E-state index is 0.132. The smallest absolute Gasteiger partial charge is 0.260 e. The first-order chi connectivity index (χ1) is 19.0. The van der Waals surface area contributed by atoms with Gasteiger partial charge < -0.3 is 15.4 Å². The van der Waals surface area contributed by atoms with E-state index >= 15 is 0 Å². The zero-order valence-corrected chi connectivity index (χ0v) is 22.0. The first kappa shape index (κ1) is 24.8. The standard InChI is InChI=1S/C27H30N10O2/c1-4-37-25-17(12-21(26(37)38)22-15-29-23(11-16(22)2)24-33-35-36(3)34-24)13-30-27(32-25)31-18-5-7-19(8-6-18)39-20-9-10-28-14-20/h5-8,11-13,15,20,28,35H,4,9-10,14H2,1-3H3,(H,33,34)(H,30,31,32). The average Bonchev–Trinajstić information content (AvgIpc) is 3.61. The highest BCUT2D eigenvalue weighted by molar-refractivity contribution is 5.97. The average molecular weight is 527 g/mol. The highest BCUT2D eigenvalue weighted by Crippen LogP contribution is 2.25. The Morgan fingerprint density at radius 1 is 1.13 bits per heavy atom. The Kier molecular flexibility index (Phi) is 6.55. The van der Waals surface area contributed by atoms with Gasteiger partial charge in [0.25, 0.3) is 5.56 Å². The summed E-state index contributed by atoms with van der Waals surface area (Å²) in [6.45, 7) is 6.21. The fourth-order valence-electron chi connectivity index (χ4n) is 4.79. The molecule has 1 atom stereocenters. The molecule has 1 aromatic carbocycles. The highest BCUT2D eigenvalue weighted by Gasteiger charge is 2.18. The number of hydrogen-bond donors (Lipinski definition) is 4. The molecule has 12 heteroatoms. The number of ether oxygens (including phenoxy) is 1. The number of nitrogens with zero attached hydrogens (tertiary/aromatic N) is 6. The SMILES string of the molecule is CCn1c(=O)c(-c2cnc(C3=NN(C)NN3)cc2C)cc2cnc(Nc3ccc(OC4CCNC4)cc3)nc21. The van der Waals surface area contributed by atoms with Gasteiger partial charge in [-0.05, 0) is 68.8 Å². The molecule has 2 aliphatic heterocycles. The Labute approximate surface area is 225 Å². The minimum atomic E-state index is -0.132. The van der Waals surface area contributed by atoms with E-state index in [1.807, 2.05) is 50.2 Å². The fourth-order valence-corrected chi connectivity index (χ4v) is 4.79. The molecule has 0 bridgehead atoms. The van der Waals surface area contributed by atoms with Crippen molar-refractivity contribution in [3.63, 3.8) is 0 Å². The second-order valence-electron chi connectivity index (χ2n) is 9.56. The molecule has 4 N–H and O–H groups in total. The third-order valence-electron chi connectivity index (χ3n) is 6.80. The zero-order chi connectivity index (χ0) is 26.9. The van der Waals surface area contributed by atoms with Gasteiger partial charge in [0.1, 0.15) is 23.2 Å². The minimum Gasteiger partial charge on any atom is -0.489 e. The maximum atomic E-state index is 13.6. The van der Waals surface area contributed by atoms with Gasteiger partial charge >= 0.3 is 0 Å². The predicted octanol–water partition coefficient (Wildman–Crippen LogP) is 2.28. The van der Waals surface area contributed by atoms with Crippen LogP contribution < -0.4 is 31.9 Å². The van der Waals surface area contributed by atoms with E-state index in [1.54, 1.807) is 29.1 Å². The summed E-state index contributed by atoms with van der Waals surface area (Å²) in [7, 11) is 1.78. The first-order valence-corrected chi connectivity index (χ1v) is 12.9. The number of amidine groups is 1. The molecule has 1 fully saturated rings. The van der Waals surface area contributed by atoms with Crippen LogP contribution in [-0.4, -0.2) is 56.7 Å². The van der Waals surface area contributed by atoms with Crippen LogP contribution in [0.2, 0.25) is 0 Å². The largest absolute Gasteiger partial charge is 0.489 e. The van der Waals surface area contributed by atoms with Gasteiger partial charge in [0.05, 0.1) is 0 Å². The zero-order valence-electron chi connectivity index (χ0n) is 22.0. The summed E-state index contributed by atoms with van der Waals surface area (Å²) in [5.74, 6) is 1.85. The first-order valence-electron chi connectivity index (χ1n) is 12.9. The molecule has 0 radical (unpaired) electrons. The van der Waals surface area contributed by atoms with E-state index in [4.69, 9.17) is 4.74 Å². The van der Waals surface area contributed by atoms with Gasteiger partial charge in [0.2, 0.25) is 5.95 Å². The molecular formula is C27H30N10O2. The van der Waals surface area contributed by atoms with Crippen LogP contribution in [0.5, 0.6) is 5.75 Å². The summed E-state index contributed by atoms with van der Waals surface area (Å²) in [5.41, 5.74) is 10.0. The van der Waals surface area contributed by atoms with Crippen molar-refractivity contribution in [2.75, 3.05) is 25.5 Å². The second-order valence-corrected chi connectivity index (χ2v) is 9.56. The Morgan fingerprint density at radius 2 is 1.97 bits per heavy atom. The number of aryl methyl sites for hydroxylation is 2. The Balaban J connectivity index is 1.28. The van der Waals surface area contributed by atoms with Crippen LogP contribution in [0.3, 0.4) is 0 Å². The summed E-state index contributed by atoms with van der Waals surface area (Å²) in [6, 6.07) is 11.5. The Morgan fingerprint density at radius 3 is 2.67 bits per heavy atom. The number of benzene rings is 1. The summed E-state index contributed by atoms with van der Waals surface area (Å²) in [6.07, 6.45) is 4.66. The molecule has 3 aromatic heterocycles. The normalized spacial score (nSPS) is 16.8. The monoisotopic (exact) mass is 526 g/mol. The third kappa shape index (κ3) is 4.99. The van der Waals surface area contributed by atoms with Gasteiger partial charge in [0, 0.05) is 54.7 Å². The van der Waals surface area contributed by atoms with Gasteiger partial charge in [-0.1, -0.05) is 0 Å². The molecule has 1 saturated heterocycles. The molecule has 0 amide bonds. The van der Waals surface area contributed by atoms with Crippen LogP contribution >= 0.6 is 0 Å². The van der Waals surface area contributed by atoms with Gasteiger partial charge in [-0.15, -0.1) is 10.6 Å². The molecule has 1 unspecified atom stereocenters. The lowest BCUT2D eigenvalue weighted by Gasteiger charge is -2.14. The van der Waals surface area contributed by atoms with Crippen LogP contribution in [0.4, 0.5) is 11.6 Å². The van der Waals surface area contributed by atoms with E-state index < -0.39 is 0 Å². The van der Waals surface area contributed by atoms with Crippen molar-refractivity contribution in [2.24, 2.45) is 5.10 Å². The van der Waals surface area contributed by atoms with Crippen molar-refractivity contribution < 1.29 is 4.74 Å². The number of hydrazone groups is 1. The van der Waals surface area contributed by atoms with Crippen molar-refractivity contribution in [3.05, 3.63) is 70.4 Å². The lowest BCUT2D eigenvalue weighted by Crippen LogP contribution is -2.36. The van der Waals surface area contributed by atoms with Gasteiger partial charge in [-0.3, -0.25) is 19.8 Å². The van der Waals surface area contributed by atoms with E-state index in [-0.39, 0.29) is 11.7 Å². The van der Waals surface area contributed by atoms with Crippen LogP contribution in [0.1, 0.15) is 24.6 Å². The number of fused-ring (bicyclic) bond motifs is 1. The number of rotatable bonds is 7. The van der Waals surface area contributed by atoms with Crippen LogP contribution in [0.15, 0.2) is 58.7 Å². The number of nitrogens with one attached hydrogen (secondary N) is 4. The molecule has 0 spiro atoms. The Hall–Kier alpha value is -4.55. The summed E-state index contributed by atoms with van der Waals surface area (Å²) >= 11 is 0. The second kappa shape index (κ2) is 10.3. The number of anilines is 2. The lowest BCUT2D eigenvalue weighted by atomic mass is 10.0. The number of aromatic nitrogens is 4. The van der Waals surface area contributed by atoms with Gasteiger partial charge in [0.15, 0.2) is 5.84 Å². The van der Waals surface area contributed by atoms with Crippen molar-refractivity contribution in [3.8, 4) is 16.9 Å². The number of hydrogen-bond acceptors (Lipinski definition) is 11. The van der Waals surface area contributed by atoms with E-state index in [0.717, 1.165) is 47.5 Å². The topological polar surface area (TPSA) is 134 Å². The Bertz CT molecular complexity index is 1610. The molecule has 39 heavy (non-hydrogen) atoms. The van der Waals surface area contributed by atoms with Crippen molar-refractivity contribution in [1.82, 2.24) is 40.9 Å². The number of pyridine rings is 2. The van der Waals surface area contributed by atoms with Crippen LogP contribution in [0, 0.1) is 6.92 Å². The molecule has 2 aliphatic rings. The molecule has 4 aromatic rings. The molecule has 5 heterocycles. The van der Waals surface area contributed by atoms with Crippen LogP contribution in [0.25, 0.3) is 22.2 Å². The maximum Gasteiger partial charge on any atom is 0.260 e. The maximum absolute atomic E-state index is 13.6. The quantitative estimate of drug-likeness (QED) is 0.284. The highest BCUT2D eigenvalue weighted by atomic mass is 16.5.